The Balaban J connectivity index is 2.04. The minimum Gasteiger partial charge on any atom is -0.507 e. The molecule has 0 saturated carbocycles. The van der Waals surface area contributed by atoms with Crippen molar-refractivity contribution in [2.75, 3.05) is 0 Å². The highest BCUT2D eigenvalue weighted by Gasteiger charge is 2.35. The van der Waals surface area contributed by atoms with Gasteiger partial charge < -0.3 is 5.11 Å². The maximum absolute atomic E-state index is 11.4. The van der Waals surface area contributed by atoms with Crippen molar-refractivity contribution in [2.24, 2.45) is 0 Å². The molecule has 4 rings (SSSR count). The van der Waals surface area contributed by atoms with Gasteiger partial charge in [0.2, 0.25) is 0 Å². The van der Waals surface area contributed by atoms with Crippen LogP contribution in [0.15, 0.2) is 60.7 Å². The summed E-state index contributed by atoms with van der Waals surface area (Å²) in [7, 11) is 0. The van der Waals surface area contributed by atoms with Crippen LogP contribution in [-0.2, 0) is 10.8 Å². The van der Waals surface area contributed by atoms with Gasteiger partial charge in [0.15, 0.2) is 0 Å². The van der Waals surface area contributed by atoms with Gasteiger partial charge in [0.05, 0.1) is 0 Å². The first kappa shape index (κ1) is 18.8. The van der Waals surface area contributed by atoms with Gasteiger partial charge in [0.25, 0.3) is 0 Å². The molecule has 0 radical (unpaired) electrons. The molecule has 28 heavy (non-hydrogen) atoms. The molecular weight excluding hydrogens is 340 g/mol. The van der Waals surface area contributed by atoms with Gasteiger partial charge in [0, 0.05) is 11.5 Å². The third-order valence-corrected chi connectivity index (χ3v) is 5.91. The van der Waals surface area contributed by atoms with Crippen LogP contribution in [0.1, 0.15) is 75.3 Å². The van der Waals surface area contributed by atoms with Crippen molar-refractivity contribution in [1.82, 2.24) is 0 Å². The van der Waals surface area contributed by atoms with E-state index in [2.05, 4.69) is 102 Å². The van der Waals surface area contributed by atoms with E-state index >= 15 is 0 Å². The van der Waals surface area contributed by atoms with Crippen molar-refractivity contribution in [3.63, 3.8) is 0 Å². The molecule has 0 spiro atoms. The van der Waals surface area contributed by atoms with Crippen LogP contribution >= 0.6 is 0 Å². The van der Waals surface area contributed by atoms with E-state index in [4.69, 9.17) is 0 Å². The Morgan fingerprint density at radius 3 is 1.57 bits per heavy atom. The molecule has 0 heterocycles. The highest BCUT2D eigenvalue weighted by Crippen LogP contribution is 2.52. The monoisotopic (exact) mass is 370 g/mol. The number of phenols is 1. The summed E-state index contributed by atoms with van der Waals surface area (Å²) in [5, 5.41) is 11.4. The lowest BCUT2D eigenvalue weighted by Crippen LogP contribution is -2.20. The molecule has 0 aliphatic heterocycles. The van der Waals surface area contributed by atoms with Crippen LogP contribution in [0.4, 0.5) is 0 Å². The highest BCUT2D eigenvalue weighted by atomic mass is 16.3. The van der Waals surface area contributed by atoms with E-state index in [1.807, 2.05) is 0 Å². The van der Waals surface area contributed by atoms with E-state index in [1.165, 1.54) is 27.8 Å². The first-order valence-electron chi connectivity index (χ1n) is 10.2. The summed E-state index contributed by atoms with van der Waals surface area (Å²) in [4.78, 5) is 0. The average molecular weight is 371 g/mol. The summed E-state index contributed by atoms with van der Waals surface area (Å²) in [6, 6.07) is 21.8. The molecule has 0 amide bonds. The normalized spacial score (nSPS) is 14.1. The van der Waals surface area contributed by atoms with E-state index in [1.54, 1.807) is 0 Å². The summed E-state index contributed by atoms with van der Waals surface area (Å²) in [5.74, 6) is 0.612. The zero-order valence-electron chi connectivity index (χ0n) is 17.8. The molecule has 3 aromatic rings. The van der Waals surface area contributed by atoms with Gasteiger partial charge in [-0.15, -0.1) is 0 Å². The van der Waals surface area contributed by atoms with Gasteiger partial charge in [-0.1, -0.05) is 102 Å². The topological polar surface area (TPSA) is 20.2 Å². The molecule has 0 fully saturated rings. The Hall–Kier alpha value is -2.54. The number of phenolic OH excluding ortho intramolecular Hbond substituents is 1. The molecule has 1 nitrogen and oxygen atoms in total. The molecule has 0 atom stereocenters. The number of rotatable bonds is 1. The first-order chi connectivity index (χ1) is 13.1. The van der Waals surface area contributed by atoms with Gasteiger partial charge in [-0.05, 0) is 44.2 Å². The van der Waals surface area contributed by atoms with Crippen molar-refractivity contribution in [3.8, 4) is 16.9 Å². The summed E-state index contributed by atoms with van der Waals surface area (Å²) < 4.78 is 0. The molecule has 3 aromatic carbocycles. The number of hydrogen-bond donors (Lipinski definition) is 1. The highest BCUT2D eigenvalue weighted by molar-refractivity contribution is 5.81. The molecule has 1 N–H and O–H groups in total. The Morgan fingerprint density at radius 2 is 1.11 bits per heavy atom. The smallest absolute Gasteiger partial charge is 0.123 e. The van der Waals surface area contributed by atoms with Crippen LogP contribution < -0.4 is 0 Å². The zero-order chi connectivity index (χ0) is 20.3. The molecule has 0 unspecified atom stereocenters. The SMILES string of the molecule is CC(C)(C)c1ccc(C2c3ccccc3-c3ccccc32)c(C(C)(C)C)c1O. The number of hydrogen-bond acceptors (Lipinski definition) is 1. The molecule has 0 bridgehead atoms. The Morgan fingerprint density at radius 1 is 0.607 bits per heavy atom. The molecule has 144 valence electrons. The summed E-state index contributed by atoms with van der Waals surface area (Å²) in [6.45, 7) is 13.1. The van der Waals surface area contributed by atoms with Crippen LogP contribution in [0.25, 0.3) is 11.1 Å². The second kappa shape index (κ2) is 6.24. The van der Waals surface area contributed by atoms with Crippen LogP contribution in [0.5, 0.6) is 5.75 Å². The molecule has 0 saturated heterocycles. The van der Waals surface area contributed by atoms with Gasteiger partial charge in [-0.2, -0.15) is 0 Å². The maximum Gasteiger partial charge on any atom is 0.123 e. The quantitative estimate of drug-likeness (QED) is 0.377. The maximum atomic E-state index is 11.4. The third-order valence-electron chi connectivity index (χ3n) is 5.91. The van der Waals surface area contributed by atoms with Crippen molar-refractivity contribution in [1.29, 1.82) is 0 Å². The van der Waals surface area contributed by atoms with E-state index in [0.29, 0.717) is 5.75 Å². The van der Waals surface area contributed by atoms with Gasteiger partial charge in [0.1, 0.15) is 5.75 Å². The molecule has 1 heteroatoms. The van der Waals surface area contributed by atoms with Gasteiger partial charge in [-0.25, -0.2) is 0 Å². The first-order valence-corrected chi connectivity index (χ1v) is 10.2. The predicted molar refractivity (Wildman–Crippen MR) is 118 cm³/mol. The van der Waals surface area contributed by atoms with E-state index in [9.17, 15) is 5.11 Å². The van der Waals surface area contributed by atoms with Crippen LogP contribution in [0, 0.1) is 0 Å². The van der Waals surface area contributed by atoms with Crippen LogP contribution in [-0.4, -0.2) is 5.11 Å². The molecular formula is C27H30O. The lowest BCUT2D eigenvalue weighted by molar-refractivity contribution is 0.421. The van der Waals surface area contributed by atoms with Crippen molar-refractivity contribution >= 4 is 0 Å². The number of aromatic hydroxyl groups is 1. The van der Waals surface area contributed by atoms with Crippen molar-refractivity contribution < 1.29 is 5.11 Å². The fourth-order valence-corrected chi connectivity index (χ4v) is 4.73. The Kier molecular flexibility index (Phi) is 4.19. The lowest BCUT2D eigenvalue weighted by Gasteiger charge is -2.31. The van der Waals surface area contributed by atoms with E-state index < -0.39 is 0 Å². The van der Waals surface area contributed by atoms with E-state index in [0.717, 1.165) is 11.1 Å². The summed E-state index contributed by atoms with van der Waals surface area (Å²) in [6.07, 6.45) is 0. The standard InChI is InChI=1S/C27H30O/c1-26(2,3)22-16-15-21(24(25(22)28)27(4,5)6)23-19-13-9-7-11-17(19)18-12-8-10-14-20(18)23/h7-16,23,28H,1-6H3. The fraction of sp³-hybridized carbons (Fsp3) is 0.333. The van der Waals surface area contributed by atoms with Crippen LogP contribution in [0.3, 0.4) is 0 Å². The number of benzene rings is 3. The Labute approximate surface area is 169 Å². The molecule has 1 aliphatic rings. The second-order valence-electron chi connectivity index (χ2n) is 10.0. The Bertz CT molecular complexity index is 999. The minimum atomic E-state index is -0.160. The van der Waals surface area contributed by atoms with Crippen LogP contribution in [0.2, 0.25) is 0 Å². The summed E-state index contributed by atoms with van der Waals surface area (Å²) in [5.41, 5.74) is 8.31. The van der Waals surface area contributed by atoms with Crippen molar-refractivity contribution in [2.45, 2.75) is 58.3 Å². The predicted octanol–water partition coefficient (Wildman–Crippen LogP) is 7.15. The largest absolute Gasteiger partial charge is 0.507 e. The van der Waals surface area contributed by atoms with Gasteiger partial charge in [-0.3, -0.25) is 0 Å². The molecule has 1 aliphatic carbocycles. The minimum absolute atomic E-state index is 0.103. The number of fused-ring (bicyclic) bond motifs is 3. The summed E-state index contributed by atoms with van der Waals surface area (Å²) >= 11 is 0. The molecule has 0 aromatic heterocycles. The van der Waals surface area contributed by atoms with Gasteiger partial charge >= 0.3 is 0 Å². The lowest BCUT2D eigenvalue weighted by atomic mass is 9.73. The zero-order valence-corrected chi connectivity index (χ0v) is 17.8. The second-order valence-corrected chi connectivity index (χ2v) is 10.0. The third kappa shape index (κ3) is 2.85. The fourth-order valence-electron chi connectivity index (χ4n) is 4.73. The van der Waals surface area contributed by atoms with E-state index in [-0.39, 0.29) is 16.7 Å². The average Bonchev–Trinajstić information content (AvgIpc) is 2.93. The van der Waals surface area contributed by atoms with Crippen molar-refractivity contribution in [3.05, 3.63) is 88.5 Å².